The zero-order valence-electron chi connectivity index (χ0n) is 11.6. The molecule has 0 saturated carbocycles. The maximum atomic E-state index is 11.8. The Balaban J connectivity index is 2.08. The van der Waals surface area contributed by atoms with Gasteiger partial charge in [-0.25, -0.2) is 19.2 Å². The van der Waals surface area contributed by atoms with E-state index in [2.05, 4.69) is 4.74 Å². The van der Waals surface area contributed by atoms with Gasteiger partial charge in [-0.15, -0.1) is 0 Å². The molecule has 2 rings (SSSR count). The highest BCUT2D eigenvalue weighted by Crippen LogP contribution is 2.10. The molecule has 2 aromatic carbocycles. The lowest BCUT2D eigenvalue weighted by molar-refractivity contribution is 0.0396. The molecule has 0 spiro atoms. The zero-order valence-corrected chi connectivity index (χ0v) is 11.6. The molecular formula is C16H10O7. The minimum absolute atomic E-state index is 0.00265. The first-order valence-corrected chi connectivity index (χ1v) is 6.31. The van der Waals surface area contributed by atoms with Crippen LogP contribution in [0.4, 0.5) is 0 Å². The molecule has 0 aliphatic heterocycles. The fraction of sp³-hybridized carbons (Fsp3) is 0. The van der Waals surface area contributed by atoms with Crippen LogP contribution in [-0.4, -0.2) is 34.1 Å². The zero-order chi connectivity index (χ0) is 17.0. The molecule has 2 aromatic rings. The normalized spacial score (nSPS) is 9.91. The number of carboxylic acids is 2. The SMILES string of the molecule is O=C(O)c1ccc(C(=O)OC(=O)c2ccc(C(=O)O)cc2)cc1. The lowest BCUT2D eigenvalue weighted by Crippen LogP contribution is -2.13. The van der Waals surface area contributed by atoms with E-state index in [1.165, 1.54) is 48.5 Å². The van der Waals surface area contributed by atoms with Gasteiger partial charge >= 0.3 is 23.9 Å². The second-order valence-electron chi connectivity index (χ2n) is 4.44. The number of carbonyl (C=O) groups is 4. The summed E-state index contributed by atoms with van der Waals surface area (Å²) in [6, 6.07) is 9.77. The average Bonchev–Trinajstić information content (AvgIpc) is 2.54. The number of carboxylic acid groups (broad SMARTS) is 2. The molecule has 0 fully saturated rings. The van der Waals surface area contributed by atoms with Gasteiger partial charge in [-0.05, 0) is 48.5 Å². The fourth-order valence-corrected chi connectivity index (χ4v) is 1.70. The molecule has 23 heavy (non-hydrogen) atoms. The molecule has 116 valence electrons. The number of rotatable bonds is 4. The third-order valence-electron chi connectivity index (χ3n) is 2.92. The van der Waals surface area contributed by atoms with E-state index in [-0.39, 0.29) is 22.3 Å². The van der Waals surface area contributed by atoms with Crippen LogP contribution in [-0.2, 0) is 4.74 Å². The van der Waals surface area contributed by atoms with Gasteiger partial charge in [0.1, 0.15) is 0 Å². The van der Waals surface area contributed by atoms with Crippen molar-refractivity contribution in [2.45, 2.75) is 0 Å². The van der Waals surface area contributed by atoms with E-state index in [0.29, 0.717) is 0 Å². The molecule has 0 bridgehead atoms. The van der Waals surface area contributed by atoms with Crippen LogP contribution in [0.25, 0.3) is 0 Å². The molecular weight excluding hydrogens is 304 g/mol. The second-order valence-corrected chi connectivity index (χ2v) is 4.44. The van der Waals surface area contributed by atoms with Crippen molar-refractivity contribution in [1.29, 1.82) is 0 Å². The summed E-state index contributed by atoms with van der Waals surface area (Å²) in [5, 5.41) is 17.5. The largest absolute Gasteiger partial charge is 0.478 e. The van der Waals surface area contributed by atoms with Gasteiger partial charge in [-0.2, -0.15) is 0 Å². The number of carbonyl (C=O) groups excluding carboxylic acids is 2. The molecule has 0 aliphatic carbocycles. The van der Waals surface area contributed by atoms with E-state index < -0.39 is 23.9 Å². The smallest absolute Gasteiger partial charge is 0.346 e. The topological polar surface area (TPSA) is 118 Å². The third-order valence-corrected chi connectivity index (χ3v) is 2.92. The summed E-state index contributed by atoms with van der Waals surface area (Å²) in [7, 11) is 0. The van der Waals surface area contributed by atoms with Crippen molar-refractivity contribution in [3.63, 3.8) is 0 Å². The minimum atomic E-state index is -1.14. The molecule has 0 aromatic heterocycles. The molecule has 0 aliphatic rings. The van der Waals surface area contributed by atoms with E-state index in [9.17, 15) is 19.2 Å². The van der Waals surface area contributed by atoms with Gasteiger partial charge in [-0.1, -0.05) is 0 Å². The Bertz CT molecular complexity index is 706. The van der Waals surface area contributed by atoms with Crippen LogP contribution in [0.15, 0.2) is 48.5 Å². The first kappa shape index (κ1) is 15.9. The monoisotopic (exact) mass is 314 g/mol. The Kier molecular flexibility index (Phi) is 4.51. The van der Waals surface area contributed by atoms with Crippen LogP contribution in [0.2, 0.25) is 0 Å². The first-order valence-electron chi connectivity index (χ1n) is 6.31. The van der Waals surface area contributed by atoms with Crippen molar-refractivity contribution in [2.75, 3.05) is 0 Å². The van der Waals surface area contributed by atoms with E-state index in [1.807, 2.05) is 0 Å². The summed E-state index contributed by atoms with van der Waals surface area (Å²) < 4.78 is 4.65. The van der Waals surface area contributed by atoms with Crippen LogP contribution >= 0.6 is 0 Å². The maximum absolute atomic E-state index is 11.8. The minimum Gasteiger partial charge on any atom is -0.478 e. The quantitative estimate of drug-likeness (QED) is 0.655. The lowest BCUT2D eigenvalue weighted by atomic mass is 10.1. The highest BCUT2D eigenvalue weighted by molar-refractivity contribution is 6.03. The summed E-state index contributed by atoms with van der Waals surface area (Å²) >= 11 is 0. The van der Waals surface area contributed by atoms with E-state index in [0.717, 1.165) is 0 Å². The average molecular weight is 314 g/mol. The summed E-state index contributed by atoms with van der Waals surface area (Å²) in [4.78, 5) is 45.0. The number of hydrogen-bond acceptors (Lipinski definition) is 5. The van der Waals surface area contributed by atoms with Gasteiger partial charge in [0.2, 0.25) is 0 Å². The molecule has 0 heterocycles. The standard InChI is InChI=1S/C16H10O7/c17-13(18)9-1-5-11(6-2-9)15(21)23-16(22)12-7-3-10(4-8-12)14(19)20/h1-8H,(H,17,18)(H,19,20). The van der Waals surface area contributed by atoms with Gasteiger partial charge in [-0.3, -0.25) is 0 Å². The van der Waals surface area contributed by atoms with Crippen molar-refractivity contribution in [3.8, 4) is 0 Å². The Hall–Kier alpha value is -3.48. The van der Waals surface area contributed by atoms with Crippen molar-refractivity contribution < 1.29 is 34.1 Å². The van der Waals surface area contributed by atoms with Crippen LogP contribution in [0.3, 0.4) is 0 Å². The van der Waals surface area contributed by atoms with Crippen LogP contribution < -0.4 is 0 Å². The Labute approximate surface area is 129 Å². The lowest BCUT2D eigenvalue weighted by Gasteiger charge is -2.04. The fourth-order valence-electron chi connectivity index (χ4n) is 1.70. The number of benzene rings is 2. The van der Waals surface area contributed by atoms with Crippen molar-refractivity contribution >= 4 is 23.9 Å². The van der Waals surface area contributed by atoms with Gasteiger partial charge in [0.05, 0.1) is 22.3 Å². The molecule has 2 N–H and O–H groups in total. The number of ether oxygens (including phenoxy) is 1. The van der Waals surface area contributed by atoms with E-state index >= 15 is 0 Å². The summed E-state index contributed by atoms with van der Waals surface area (Å²) in [5.74, 6) is -4.15. The van der Waals surface area contributed by atoms with Crippen LogP contribution in [0.5, 0.6) is 0 Å². The molecule has 7 nitrogen and oxygen atoms in total. The van der Waals surface area contributed by atoms with Crippen molar-refractivity contribution in [3.05, 3.63) is 70.8 Å². The molecule has 0 unspecified atom stereocenters. The molecule has 0 atom stereocenters. The number of aromatic carboxylic acids is 2. The molecule has 7 heteroatoms. The predicted molar refractivity (Wildman–Crippen MR) is 76.5 cm³/mol. The highest BCUT2D eigenvalue weighted by Gasteiger charge is 2.16. The Morgan fingerprint density at radius 1 is 0.565 bits per heavy atom. The summed E-state index contributed by atoms with van der Waals surface area (Å²) in [6.45, 7) is 0. The van der Waals surface area contributed by atoms with Gasteiger partial charge < -0.3 is 14.9 Å². The van der Waals surface area contributed by atoms with Crippen LogP contribution in [0.1, 0.15) is 41.4 Å². The highest BCUT2D eigenvalue weighted by atomic mass is 16.6. The molecule has 0 radical (unpaired) electrons. The predicted octanol–water partition coefficient (Wildman–Crippen LogP) is 2.08. The second kappa shape index (κ2) is 6.52. The van der Waals surface area contributed by atoms with E-state index in [4.69, 9.17) is 10.2 Å². The Morgan fingerprint density at radius 2 is 0.826 bits per heavy atom. The summed E-state index contributed by atoms with van der Waals surface area (Å²) in [5.41, 5.74) is 0.0327. The van der Waals surface area contributed by atoms with Gasteiger partial charge in [0.15, 0.2) is 0 Å². The van der Waals surface area contributed by atoms with Crippen molar-refractivity contribution in [1.82, 2.24) is 0 Å². The van der Waals surface area contributed by atoms with Gasteiger partial charge in [0, 0.05) is 0 Å². The molecule has 0 saturated heterocycles. The number of hydrogen-bond donors (Lipinski definition) is 2. The maximum Gasteiger partial charge on any atom is 0.346 e. The van der Waals surface area contributed by atoms with E-state index in [1.54, 1.807) is 0 Å². The molecule has 0 amide bonds. The summed E-state index contributed by atoms with van der Waals surface area (Å²) in [6.07, 6.45) is 0. The van der Waals surface area contributed by atoms with Gasteiger partial charge in [0.25, 0.3) is 0 Å². The number of esters is 2. The third kappa shape index (κ3) is 3.79. The first-order chi connectivity index (χ1) is 10.9. The van der Waals surface area contributed by atoms with Crippen LogP contribution in [0, 0.1) is 0 Å². The Morgan fingerprint density at radius 3 is 1.09 bits per heavy atom. The van der Waals surface area contributed by atoms with Crippen molar-refractivity contribution in [2.24, 2.45) is 0 Å².